The van der Waals surface area contributed by atoms with Crippen molar-refractivity contribution in [3.8, 4) is 0 Å². The first-order chi connectivity index (χ1) is 12.2. The third-order valence-electron chi connectivity index (χ3n) is 6.55. The number of carbonyl (C=O) groups is 1. The molecule has 4 fully saturated rings. The molecule has 1 heterocycles. The average Bonchev–Trinajstić information content (AvgIpc) is 3.16. The summed E-state index contributed by atoms with van der Waals surface area (Å²) in [5.74, 6) is 2.00. The van der Waals surface area contributed by atoms with E-state index < -0.39 is 0 Å². The number of rotatable bonds is 6. The lowest BCUT2D eigenvalue weighted by molar-refractivity contribution is -0.125. The van der Waals surface area contributed by atoms with Crippen LogP contribution in [0.25, 0.3) is 0 Å². The molecule has 1 aliphatic heterocycles. The molecular formula is C19H33IN4O2. The number of nitrogens with one attached hydrogen (secondary N) is 3. The number of fused-ring (bicyclic) bond motifs is 2. The number of guanidine groups is 1. The molecule has 4 aliphatic rings. The van der Waals surface area contributed by atoms with E-state index in [1.807, 2.05) is 0 Å². The minimum absolute atomic E-state index is 0. The van der Waals surface area contributed by atoms with Crippen LogP contribution in [0.2, 0.25) is 0 Å². The van der Waals surface area contributed by atoms with Gasteiger partial charge in [-0.3, -0.25) is 9.79 Å². The van der Waals surface area contributed by atoms with E-state index in [0.717, 1.165) is 32.0 Å². The van der Waals surface area contributed by atoms with Gasteiger partial charge >= 0.3 is 0 Å². The van der Waals surface area contributed by atoms with Gasteiger partial charge in [0.25, 0.3) is 0 Å². The number of hydrogen-bond acceptors (Lipinski definition) is 3. The van der Waals surface area contributed by atoms with Crippen LogP contribution in [0.15, 0.2) is 4.99 Å². The van der Waals surface area contributed by atoms with E-state index in [0.29, 0.717) is 36.6 Å². The SMILES string of the molecule is CCNC(=NCCNC(=O)C1CC1)NC1C2CCOC2C12CCCC2.I. The van der Waals surface area contributed by atoms with E-state index in [1.54, 1.807) is 0 Å². The quantitative estimate of drug-likeness (QED) is 0.238. The first kappa shape index (κ1) is 20.2. The largest absolute Gasteiger partial charge is 0.377 e. The van der Waals surface area contributed by atoms with Crippen LogP contribution in [0, 0.1) is 17.3 Å². The number of ether oxygens (including phenoxy) is 1. The molecule has 7 heteroatoms. The number of aliphatic imine (C=N–C) groups is 1. The number of halogens is 1. The Morgan fingerprint density at radius 2 is 1.96 bits per heavy atom. The fourth-order valence-corrected chi connectivity index (χ4v) is 5.21. The van der Waals surface area contributed by atoms with E-state index >= 15 is 0 Å². The topological polar surface area (TPSA) is 74.8 Å². The minimum atomic E-state index is 0. The van der Waals surface area contributed by atoms with Crippen molar-refractivity contribution < 1.29 is 9.53 Å². The number of carbonyl (C=O) groups excluding carboxylic acids is 1. The molecular weight excluding hydrogens is 443 g/mol. The normalized spacial score (nSPS) is 31.7. The third-order valence-corrected chi connectivity index (χ3v) is 6.55. The van der Waals surface area contributed by atoms with Gasteiger partial charge in [0.05, 0.1) is 12.6 Å². The number of nitrogens with zero attached hydrogens (tertiary/aromatic N) is 1. The Morgan fingerprint density at radius 1 is 1.19 bits per heavy atom. The summed E-state index contributed by atoms with van der Waals surface area (Å²) in [6, 6.07) is 0.487. The van der Waals surface area contributed by atoms with Gasteiger partial charge in [0.15, 0.2) is 5.96 Å². The van der Waals surface area contributed by atoms with E-state index in [9.17, 15) is 4.79 Å². The Labute approximate surface area is 173 Å². The molecule has 4 rings (SSSR count). The lowest BCUT2D eigenvalue weighted by Gasteiger charge is -2.57. The summed E-state index contributed by atoms with van der Waals surface area (Å²) >= 11 is 0. The molecule has 0 aromatic carbocycles. The first-order valence-corrected chi connectivity index (χ1v) is 10.2. The molecule has 0 aromatic rings. The maximum Gasteiger partial charge on any atom is 0.223 e. The van der Waals surface area contributed by atoms with Crippen molar-refractivity contribution in [2.45, 2.75) is 64.0 Å². The van der Waals surface area contributed by atoms with Crippen molar-refractivity contribution >= 4 is 35.8 Å². The van der Waals surface area contributed by atoms with Crippen LogP contribution in [0.4, 0.5) is 0 Å². The van der Waals surface area contributed by atoms with Gasteiger partial charge in [-0.2, -0.15) is 0 Å². The van der Waals surface area contributed by atoms with Crippen molar-refractivity contribution in [2.75, 3.05) is 26.2 Å². The molecule has 148 valence electrons. The van der Waals surface area contributed by atoms with E-state index in [-0.39, 0.29) is 35.8 Å². The molecule has 1 spiro atoms. The van der Waals surface area contributed by atoms with E-state index in [1.165, 1.54) is 32.1 Å². The highest BCUT2D eigenvalue weighted by Crippen LogP contribution is 2.60. The van der Waals surface area contributed by atoms with Crippen molar-refractivity contribution in [3.05, 3.63) is 0 Å². The molecule has 3 unspecified atom stereocenters. The second-order valence-electron chi connectivity index (χ2n) is 8.13. The lowest BCUT2D eigenvalue weighted by atomic mass is 9.54. The fraction of sp³-hybridized carbons (Fsp3) is 0.895. The smallest absolute Gasteiger partial charge is 0.223 e. The lowest BCUT2D eigenvalue weighted by Crippen LogP contribution is -2.69. The van der Waals surface area contributed by atoms with Gasteiger partial charge in [0.2, 0.25) is 5.91 Å². The second-order valence-corrected chi connectivity index (χ2v) is 8.13. The van der Waals surface area contributed by atoms with Gasteiger partial charge < -0.3 is 20.7 Å². The van der Waals surface area contributed by atoms with Crippen molar-refractivity contribution in [1.29, 1.82) is 0 Å². The highest BCUT2D eigenvalue weighted by molar-refractivity contribution is 14.0. The zero-order chi connectivity index (χ0) is 17.3. The van der Waals surface area contributed by atoms with Crippen LogP contribution in [0.3, 0.4) is 0 Å². The summed E-state index contributed by atoms with van der Waals surface area (Å²) in [5.41, 5.74) is 0.331. The number of hydrogen-bond donors (Lipinski definition) is 3. The van der Waals surface area contributed by atoms with Gasteiger partial charge in [-0.25, -0.2) is 0 Å². The molecule has 1 amide bonds. The Bertz CT molecular complexity index is 532. The van der Waals surface area contributed by atoms with Crippen molar-refractivity contribution in [1.82, 2.24) is 16.0 Å². The standard InChI is InChI=1S/C19H32N4O2.HI/c1-2-20-18(22-11-10-21-17(24)13-5-6-13)23-15-14-7-12-25-16(14)19(15)8-3-4-9-19;/h13-16H,2-12H2,1H3,(H,21,24)(H2,20,22,23);1H. The van der Waals surface area contributed by atoms with Gasteiger partial charge in [0.1, 0.15) is 0 Å². The van der Waals surface area contributed by atoms with E-state index in [4.69, 9.17) is 9.73 Å². The molecule has 0 radical (unpaired) electrons. The molecule has 0 bridgehead atoms. The maximum atomic E-state index is 11.7. The molecule has 3 N–H and O–H groups in total. The molecule has 1 saturated heterocycles. The maximum absolute atomic E-state index is 11.7. The van der Waals surface area contributed by atoms with Crippen molar-refractivity contribution in [3.63, 3.8) is 0 Å². The van der Waals surface area contributed by atoms with Gasteiger partial charge in [-0.05, 0) is 39.0 Å². The zero-order valence-corrected chi connectivity index (χ0v) is 18.1. The van der Waals surface area contributed by atoms with Gasteiger partial charge in [-0.1, -0.05) is 12.8 Å². The molecule has 3 saturated carbocycles. The van der Waals surface area contributed by atoms with Crippen LogP contribution in [0.1, 0.15) is 51.9 Å². The monoisotopic (exact) mass is 476 g/mol. The molecule has 0 aromatic heterocycles. The van der Waals surface area contributed by atoms with Crippen LogP contribution < -0.4 is 16.0 Å². The Kier molecular flexibility index (Phi) is 6.69. The average molecular weight is 476 g/mol. The Hall–Kier alpha value is -0.570. The predicted octanol–water partition coefficient (Wildman–Crippen LogP) is 2.03. The van der Waals surface area contributed by atoms with Crippen molar-refractivity contribution in [2.24, 2.45) is 22.2 Å². The van der Waals surface area contributed by atoms with Gasteiger partial charge in [0, 0.05) is 43.0 Å². The molecule has 6 nitrogen and oxygen atoms in total. The Morgan fingerprint density at radius 3 is 2.65 bits per heavy atom. The number of amides is 1. The highest BCUT2D eigenvalue weighted by atomic mass is 127. The summed E-state index contributed by atoms with van der Waals surface area (Å²) in [7, 11) is 0. The third kappa shape index (κ3) is 3.84. The van der Waals surface area contributed by atoms with Crippen LogP contribution >= 0.6 is 24.0 Å². The zero-order valence-electron chi connectivity index (χ0n) is 15.8. The summed E-state index contributed by atoms with van der Waals surface area (Å²) in [4.78, 5) is 16.4. The predicted molar refractivity (Wildman–Crippen MR) is 113 cm³/mol. The molecule has 3 atom stereocenters. The minimum Gasteiger partial charge on any atom is -0.377 e. The van der Waals surface area contributed by atoms with E-state index in [2.05, 4.69) is 22.9 Å². The van der Waals surface area contributed by atoms with Crippen LogP contribution in [-0.2, 0) is 9.53 Å². The van der Waals surface area contributed by atoms with Gasteiger partial charge in [-0.15, -0.1) is 24.0 Å². The summed E-state index contributed by atoms with van der Waals surface area (Å²) in [5, 5.41) is 10.1. The summed E-state index contributed by atoms with van der Waals surface area (Å²) < 4.78 is 6.07. The fourth-order valence-electron chi connectivity index (χ4n) is 5.21. The summed E-state index contributed by atoms with van der Waals surface area (Å²) in [6.45, 7) is 5.11. The Balaban J connectivity index is 0.00000196. The van der Waals surface area contributed by atoms with Crippen LogP contribution in [0.5, 0.6) is 0 Å². The highest BCUT2D eigenvalue weighted by Gasteiger charge is 2.65. The van der Waals surface area contributed by atoms with Crippen LogP contribution in [-0.4, -0.2) is 50.3 Å². The second kappa shape index (κ2) is 8.63. The molecule has 26 heavy (non-hydrogen) atoms. The molecule has 3 aliphatic carbocycles. The first-order valence-electron chi connectivity index (χ1n) is 10.2. The summed E-state index contributed by atoms with van der Waals surface area (Å²) in [6.07, 6.45) is 8.94.